The van der Waals surface area contributed by atoms with Crippen LogP contribution >= 0.6 is 23.7 Å². The molecule has 0 saturated carbocycles. The molecule has 8 amide bonds. The number of alkyl carbamates (subject to hydrolysis) is 2. The molecule has 133 heavy (non-hydrogen) atoms. The number of hydrogen-bond acceptors (Lipinski definition) is 23. The molecule has 0 radical (unpaired) electrons. The maximum absolute atomic E-state index is 14.8. The highest BCUT2D eigenvalue weighted by molar-refractivity contribution is 7.09. The molecule has 8 aromatic rings. The third-order valence-electron chi connectivity index (χ3n) is 23.8. The molecule has 4 aromatic carbocycles. The van der Waals surface area contributed by atoms with Crippen LogP contribution in [0.4, 0.5) is 29.3 Å². The Hall–Kier alpha value is -11.8. The molecule has 0 bridgehead atoms. The second-order valence-corrected chi connectivity index (χ2v) is 34.8. The molecular formula is C97H137ClFN17O16S. The predicted molar refractivity (Wildman–Crippen MR) is 511 cm³/mol. The highest BCUT2D eigenvalue weighted by atomic mass is 35.5. The first kappa shape index (κ1) is 110. The molecule has 726 valence electrons. The molecule has 0 spiro atoms. The van der Waals surface area contributed by atoms with Crippen molar-refractivity contribution in [2.45, 2.75) is 219 Å². The topological polar surface area (TPSA) is 453 Å². The Kier molecular flexibility index (Phi) is 47.7. The minimum atomic E-state index is -1.48. The van der Waals surface area contributed by atoms with Gasteiger partial charge in [0.05, 0.1) is 61.9 Å². The molecule has 10 rings (SSSR count). The van der Waals surface area contributed by atoms with E-state index in [2.05, 4.69) is 88.7 Å². The Morgan fingerprint density at radius 3 is 1.80 bits per heavy atom. The number of likely N-dealkylation sites (tertiary alicyclic amines) is 1. The number of primary amides is 1. The lowest BCUT2D eigenvalue weighted by Gasteiger charge is -2.41. The fourth-order valence-electron chi connectivity index (χ4n) is 16.2. The molecule has 1 aliphatic carbocycles. The summed E-state index contributed by atoms with van der Waals surface area (Å²) in [5, 5.41) is 16.5. The number of rotatable bonds is 44. The number of nitrogens with two attached hydrogens (primary N) is 3. The van der Waals surface area contributed by atoms with E-state index in [9.17, 15) is 61.9 Å². The molecule has 5 heterocycles. The van der Waals surface area contributed by atoms with Crippen molar-refractivity contribution >= 4 is 101 Å². The number of methoxy groups -OCH3 is 2. The molecule has 36 heteroatoms. The van der Waals surface area contributed by atoms with Gasteiger partial charge in [-0.3, -0.25) is 56.4 Å². The van der Waals surface area contributed by atoms with Crippen LogP contribution < -0.4 is 43.8 Å². The number of fused-ring (bicyclic) bond motifs is 3. The lowest BCUT2D eigenvalue weighted by Crippen LogP contribution is -2.55. The second-order valence-electron chi connectivity index (χ2n) is 33.8. The Balaban J connectivity index is 0.00000101. The molecule has 2 aliphatic rings. The van der Waals surface area contributed by atoms with Crippen LogP contribution in [0.15, 0.2) is 171 Å². The van der Waals surface area contributed by atoms with Crippen molar-refractivity contribution in [1.82, 2.24) is 64.7 Å². The number of carbonyl (C=O) groups is 12. The maximum atomic E-state index is 14.8. The number of nitrogens with one attached hydrogen (secondary N) is 5. The number of carbonyl (C=O) groups excluding carboxylic acids is 12. The number of anilines is 1. The van der Waals surface area contributed by atoms with Crippen LogP contribution in [-0.4, -0.2) is 218 Å². The number of imidazole rings is 3. The molecule has 1 saturated heterocycles. The van der Waals surface area contributed by atoms with Gasteiger partial charge in [-0.1, -0.05) is 153 Å². The van der Waals surface area contributed by atoms with Crippen LogP contribution in [-0.2, 0) is 65.5 Å². The number of amides is 8. The first-order chi connectivity index (χ1) is 63.7. The van der Waals surface area contributed by atoms with Crippen LogP contribution in [0.2, 0.25) is 0 Å². The van der Waals surface area contributed by atoms with E-state index >= 15 is 0 Å². The van der Waals surface area contributed by atoms with Crippen molar-refractivity contribution in [2.24, 2.45) is 52.7 Å². The number of likely N-dealkylation sites (N-methyl/N-ethyl adjacent to an activating group) is 1. The van der Waals surface area contributed by atoms with E-state index in [1.165, 1.54) is 58.2 Å². The fraction of sp³-hybridized carbons (Fsp3) is 0.505. The summed E-state index contributed by atoms with van der Waals surface area (Å²) >= 11 is 1.53. The van der Waals surface area contributed by atoms with Crippen molar-refractivity contribution in [2.75, 3.05) is 67.0 Å². The SMILES string of the molecule is CCC(=O)n1ccnc1.CC[C@H](C)[C@@H]([C@@H](CC(=O)N1CCC[C@H]1[C@H](OC)[C@@H](C)C(=O)C[C@@H](Cc1ccccc1)c1nccs1)OC)N(C)C(=O)[C@@H](CC(=O)C(C)(C)NC(=O)OCc1ccc(NC(=O)[C@H](CCCNC(N)=O)CC(=O)[C@@H](NC(=O)[C@@H](N)CCCCNC(=O)OCC2c3ccccc3-c3ccccc32)C(C)C)cc1)C(C)C.CN.Cl.O=C(n1ccnc1)n1ccnc1.[2H]CF. The summed E-state index contributed by atoms with van der Waals surface area (Å²) in [6.07, 6.45) is 17.7. The van der Waals surface area contributed by atoms with Crippen LogP contribution in [0.5, 0.6) is 0 Å². The molecule has 1 aliphatic heterocycles. The molecule has 33 nitrogen and oxygen atoms in total. The van der Waals surface area contributed by atoms with E-state index in [0.717, 1.165) is 39.2 Å². The smallest absolute Gasteiger partial charge is 0.408 e. The van der Waals surface area contributed by atoms with E-state index in [4.69, 9.17) is 31.8 Å². The number of alkyl halides is 1. The van der Waals surface area contributed by atoms with E-state index in [0.29, 0.717) is 69.3 Å². The van der Waals surface area contributed by atoms with Gasteiger partial charge in [0.2, 0.25) is 29.5 Å². The Morgan fingerprint density at radius 1 is 0.669 bits per heavy atom. The number of ether oxygens (including phenoxy) is 4. The maximum Gasteiger partial charge on any atom is 0.408 e. The number of halogens is 2. The minimum absolute atomic E-state index is 0. The summed E-state index contributed by atoms with van der Waals surface area (Å²) in [6, 6.07) is 28.9. The van der Waals surface area contributed by atoms with Gasteiger partial charge >= 0.3 is 24.2 Å². The zero-order valence-corrected chi connectivity index (χ0v) is 80.5. The molecule has 11 atom stereocenters. The van der Waals surface area contributed by atoms with E-state index in [1.54, 1.807) is 114 Å². The quantitative estimate of drug-likeness (QED) is 0.0164. The lowest BCUT2D eigenvalue weighted by atomic mass is 9.83. The minimum Gasteiger partial charge on any atom is -0.449 e. The average Bonchev–Trinajstić information content (AvgIpc) is 1.61. The van der Waals surface area contributed by atoms with Crippen molar-refractivity contribution in [3.05, 3.63) is 198 Å². The normalized spacial score (nSPS) is 14.8. The fourth-order valence-corrected chi connectivity index (χ4v) is 16.9. The van der Waals surface area contributed by atoms with Crippen molar-refractivity contribution in [3.8, 4) is 11.1 Å². The number of aromatic nitrogens is 7. The first-order valence-corrected chi connectivity index (χ1v) is 45.7. The number of hydrogen-bond donors (Lipinski definition) is 8. The standard InChI is InChI=1S/C82H114N10O14S.C7H6N4O.C6H8N2O.CH3F.CH5N.ClH/c1-13-52(6)73(69(103-11)47-71(96)92-41-24-33-66(92)74(104-12)53(7)67(93)45-57(77-85-40-42-107-77)43-54-25-15-14-16-26-54)91(10)78(99)63(50(2)3)46-70(95)82(8,9)90-81(102)105-48-55-34-36-58(37-35-55)88-75(97)56(27-23-39-86-79(84)100)44-68(94)72(51(4)5)89-76(98)65(83)32-21-22-38-87-80(101)106-49-64-61-30-19-17-28-59(61)60-29-18-20-31-62(60)64;12-7(10-3-1-8-5-10)11-4-2-9-6-11;1-2-6(9)8-4-3-7-5-8;2*1-2;/h14-20,25-26,28-31,34-37,40,42,50-53,56-57,63-66,69,72-74H,13,21-24,27,32-33,38-39,41,43-49,83H2,1-12H3,(H,87,101)(H,88,97)(H,89,98)(H,90,102)(H3,84,86,100);1-6H;3-5H,2H2,1H3;1H3;2H2,1H3;1H/t52-,53-,56+,57+,63-,65-,66-,69+,72-,73-,74+;;;;;/m0...../s1/i;;;1D;;. The number of nitrogens with zero attached hydrogens (tertiary/aromatic N) is 9. The lowest BCUT2D eigenvalue weighted by molar-refractivity contribution is -0.149. The highest BCUT2D eigenvalue weighted by Crippen LogP contribution is 2.45. The molecular weight excluding hydrogens is 1750 g/mol. The summed E-state index contributed by atoms with van der Waals surface area (Å²) in [4.78, 5) is 179. The first-order valence-electron chi connectivity index (χ1n) is 45.5. The monoisotopic (exact) mass is 1880 g/mol. The summed E-state index contributed by atoms with van der Waals surface area (Å²) in [7, 11) is 5.31. The van der Waals surface area contributed by atoms with Crippen LogP contribution in [0.3, 0.4) is 0 Å². The molecule has 11 N–H and O–H groups in total. The largest absolute Gasteiger partial charge is 0.449 e. The van der Waals surface area contributed by atoms with E-state index < -0.39 is 96.6 Å². The van der Waals surface area contributed by atoms with Gasteiger partial charge < -0.3 is 72.5 Å². The molecule has 0 unspecified atom stereocenters. The number of urea groups is 1. The zero-order valence-electron chi connectivity index (χ0n) is 79.9. The average molecular weight is 1880 g/mol. The molecule has 1 fully saturated rings. The zero-order chi connectivity index (χ0) is 97.9. The van der Waals surface area contributed by atoms with Gasteiger partial charge in [-0.2, -0.15) is 0 Å². The van der Waals surface area contributed by atoms with Crippen LogP contribution in [0, 0.1) is 35.5 Å². The van der Waals surface area contributed by atoms with Gasteiger partial charge in [0, 0.05) is 151 Å². The number of Topliss-reactive ketones (excluding diaryl/α,β-unsaturated/α-hetero) is 3. The summed E-state index contributed by atoms with van der Waals surface area (Å²) in [5.74, 6) is -5.43. The van der Waals surface area contributed by atoms with Gasteiger partial charge in [0.1, 0.15) is 38.0 Å². The van der Waals surface area contributed by atoms with Gasteiger partial charge in [-0.05, 0) is 136 Å². The molecule has 4 aromatic heterocycles. The van der Waals surface area contributed by atoms with Gasteiger partial charge in [0.25, 0.3) is 0 Å². The Labute approximate surface area is 791 Å². The highest BCUT2D eigenvalue weighted by Gasteiger charge is 2.45. The summed E-state index contributed by atoms with van der Waals surface area (Å²) in [6.45, 7) is 19.0. The third-order valence-corrected chi connectivity index (χ3v) is 24.7. The van der Waals surface area contributed by atoms with Crippen LogP contribution in [0.1, 0.15) is 198 Å². The Bertz CT molecular complexity index is 4840. The number of unbranched alkanes of at least 4 members (excludes halogenated alkanes) is 1. The van der Waals surface area contributed by atoms with Gasteiger partial charge in [0.15, 0.2) is 11.6 Å². The number of ketones is 3. The van der Waals surface area contributed by atoms with Crippen molar-refractivity contribution < 1.29 is 82.2 Å². The summed E-state index contributed by atoms with van der Waals surface area (Å²) in [5.41, 5.74) is 21.2. The third kappa shape index (κ3) is 34.0. The van der Waals surface area contributed by atoms with Gasteiger partial charge in [-0.25, -0.2) is 39.1 Å². The van der Waals surface area contributed by atoms with Crippen molar-refractivity contribution in [3.63, 3.8) is 0 Å². The van der Waals surface area contributed by atoms with Crippen molar-refractivity contribution in [1.29, 1.82) is 0 Å². The van der Waals surface area contributed by atoms with E-state index in [1.807, 2.05) is 94.3 Å². The van der Waals surface area contributed by atoms with E-state index in [-0.39, 0.29) is 142 Å². The number of thiazole rings is 1. The summed E-state index contributed by atoms with van der Waals surface area (Å²) < 4.78 is 43.2. The number of benzene rings is 4. The Morgan fingerprint density at radius 2 is 1.26 bits per heavy atom. The van der Waals surface area contributed by atoms with Crippen LogP contribution in [0.25, 0.3) is 11.1 Å². The van der Waals surface area contributed by atoms with Gasteiger partial charge in [-0.15, -0.1) is 23.7 Å². The second kappa shape index (κ2) is 57.6. The predicted octanol–water partition coefficient (Wildman–Crippen LogP) is 13.5.